The lowest BCUT2D eigenvalue weighted by Gasteiger charge is -2.37. The summed E-state index contributed by atoms with van der Waals surface area (Å²) in [5, 5.41) is 0. The Labute approximate surface area is 118 Å². The Bertz CT molecular complexity index is 488. The molecule has 2 rings (SSSR count). The van der Waals surface area contributed by atoms with E-state index in [1.807, 2.05) is 29.7 Å². The smallest absolute Gasteiger partial charge is 0.254 e. The van der Waals surface area contributed by atoms with Gasteiger partial charge in [-0.1, -0.05) is 6.92 Å². The van der Waals surface area contributed by atoms with Crippen LogP contribution in [0.1, 0.15) is 36.8 Å². The lowest BCUT2D eigenvalue weighted by Crippen LogP contribution is -2.46. The highest BCUT2D eigenvalue weighted by molar-refractivity contribution is 8.00. The summed E-state index contributed by atoms with van der Waals surface area (Å²) in [5.74, 6) is 1.48. The average Bonchev–Trinajstić information content (AvgIpc) is 2.35. The van der Waals surface area contributed by atoms with Crippen molar-refractivity contribution in [3.05, 3.63) is 23.4 Å². The van der Waals surface area contributed by atoms with Crippen LogP contribution in [0.2, 0.25) is 0 Å². The third-order valence-corrected chi connectivity index (χ3v) is 4.52. The topological polar surface area (TPSA) is 59.2 Å². The van der Waals surface area contributed by atoms with E-state index in [0.29, 0.717) is 11.4 Å². The Morgan fingerprint density at radius 3 is 2.89 bits per heavy atom. The molecular formula is C14H21N3OS. The van der Waals surface area contributed by atoms with Gasteiger partial charge in [-0.2, -0.15) is 11.8 Å². The molecule has 0 aliphatic carbocycles. The Morgan fingerprint density at radius 2 is 2.26 bits per heavy atom. The van der Waals surface area contributed by atoms with E-state index in [2.05, 4.69) is 18.8 Å². The number of aromatic nitrogens is 1. The lowest BCUT2D eigenvalue weighted by atomic mass is 10.1. The van der Waals surface area contributed by atoms with Gasteiger partial charge in [-0.25, -0.2) is 4.98 Å². The van der Waals surface area contributed by atoms with Crippen molar-refractivity contribution >= 4 is 23.5 Å². The van der Waals surface area contributed by atoms with E-state index in [1.54, 1.807) is 6.07 Å². The maximum atomic E-state index is 12.5. The molecule has 0 radical (unpaired) electrons. The van der Waals surface area contributed by atoms with E-state index in [4.69, 9.17) is 5.73 Å². The molecule has 1 aromatic rings. The molecular weight excluding hydrogens is 258 g/mol. The van der Waals surface area contributed by atoms with Crippen LogP contribution in [0.25, 0.3) is 0 Å². The molecule has 1 aliphatic rings. The Morgan fingerprint density at radius 1 is 1.53 bits per heavy atom. The molecule has 19 heavy (non-hydrogen) atoms. The van der Waals surface area contributed by atoms with Gasteiger partial charge in [0.1, 0.15) is 5.82 Å². The number of thioether (sulfide) groups is 1. The van der Waals surface area contributed by atoms with Crippen molar-refractivity contribution in [3.63, 3.8) is 0 Å². The van der Waals surface area contributed by atoms with Crippen molar-refractivity contribution < 1.29 is 4.79 Å². The molecule has 0 bridgehead atoms. The Hall–Kier alpha value is -1.23. The molecule has 0 spiro atoms. The van der Waals surface area contributed by atoms with Crippen LogP contribution in [0.15, 0.2) is 12.1 Å². The molecule has 4 nitrogen and oxygen atoms in total. The van der Waals surface area contributed by atoms with Crippen LogP contribution in [0, 0.1) is 0 Å². The quantitative estimate of drug-likeness (QED) is 0.901. The standard InChI is InChI=1S/C14H21N3OS/c1-4-11-7-10(8-12(15)16-11)13(18)17-5-6-19-14(2,3)9-17/h7-8H,4-6,9H2,1-3H3,(H2,15,16). The first-order valence-corrected chi connectivity index (χ1v) is 7.59. The number of hydrogen-bond donors (Lipinski definition) is 1. The molecule has 0 saturated carbocycles. The van der Waals surface area contributed by atoms with Gasteiger partial charge in [0.05, 0.1) is 0 Å². The lowest BCUT2D eigenvalue weighted by molar-refractivity contribution is 0.0748. The summed E-state index contributed by atoms with van der Waals surface area (Å²) in [6.07, 6.45) is 0.784. The molecule has 5 heteroatoms. The fourth-order valence-electron chi connectivity index (χ4n) is 2.29. The summed E-state index contributed by atoms with van der Waals surface area (Å²) in [5.41, 5.74) is 7.30. The van der Waals surface area contributed by atoms with Gasteiger partial charge in [-0.15, -0.1) is 0 Å². The highest BCUT2D eigenvalue weighted by atomic mass is 32.2. The second-order valence-corrected chi connectivity index (χ2v) is 7.26. The maximum absolute atomic E-state index is 12.5. The normalized spacial score (nSPS) is 18.4. The summed E-state index contributed by atoms with van der Waals surface area (Å²) < 4.78 is 0.125. The van der Waals surface area contributed by atoms with Crippen LogP contribution in [0.5, 0.6) is 0 Å². The molecule has 1 aromatic heterocycles. The molecule has 1 fully saturated rings. The van der Waals surface area contributed by atoms with E-state index in [1.165, 1.54) is 0 Å². The summed E-state index contributed by atoms with van der Waals surface area (Å²) in [7, 11) is 0. The number of rotatable bonds is 2. The van der Waals surface area contributed by atoms with Crippen molar-refractivity contribution in [1.29, 1.82) is 0 Å². The van der Waals surface area contributed by atoms with Gasteiger partial charge in [0.25, 0.3) is 5.91 Å². The second kappa shape index (κ2) is 5.41. The average molecular weight is 279 g/mol. The number of nitrogens with two attached hydrogens (primary N) is 1. The molecule has 0 atom stereocenters. The number of anilines is 1. The van der Waals surface area contributed by atoms with Gasteiger partial charge >= 0.3 is 0 Å². The first kappa shape index (κ1) is 14.2. The zero-order valence-corrected chi connectivity index (χ0v) is 12.6. The maximum Gasteiger partial charge on any atom is 0.254 e. The van der Waals surface area contributed by atoms with Crippen LogP contribution in [-0.4, -0.2) is 39.4 Å². The molecule has 2 N–H and O–H groups in total. The van der Waals surface area contributed by atoms with Crippen molar-refractivity contribution in [2.45, 2.75) is 31.9 Å². The molecule has 1 amide bonds. The molecule has 1 saturated heterocycles. The first-order valence-electron chi connectivity index (χ1n) is 6.61. The zero-order chi connectivity index (χ0) is 14.0. The summed E-state index contributed by atoms with van der Waals surface area (Å²) in [4.78, 5) is 18.7. The van der Waals surface area contributed by atoms with E-state index in [-0.39, 0.29) is 10.7 Å². The summed E-state index contributed by atoms with van der Waals surface area (Å²) in [6, 6.07) is 3.53. The monoisotopic (exact) mass is 279 g/mol. The number of carbonyl (C=O) groups excluding carboxylic acids is 1. The Kier molecular flexibility index (Phi) is 4.04. The van der Waals surface area contributed by atoms with Crippen LogP contribution in [0.4, 0.5) is 5.82 Å². The van der Waals surface area contributed by atoms with Crippen LogP contribution < -0.4 is 5.73 Å². The van der Waals surface area contributed by atoms with Gasteiger partial charge in [0.15, 0.2) is 0 Å². The fraction of sp³-hybridized carbons (Fsp3) is 0.571. The Balaban J connectivity index is 2.21. The second-order valence-electron chi connectivity index (χ2n) is 5.46. The van der Waals surface area contributed by atoms with Gasteiger partial charge in [0, 0.05) is 34.8 Å². The fourth-order valence-corrected chi connectivity index (χ4v) is 3.40. The van der Waals surface area contributed by atoms with Crippen LogP contribution in [0.3, 0.4) is 0 Å². The number of nitrogens with zero attached hydrogens (tertiary/aromatic N) is 2. The number of amides is 1. The predicted molar refractivity (Wildman–Crippen MR) is 80.5 cm³/mol. The van der Waals surface area contributed by atoms with E-state index in [0.717, 1.165) is 31.0 Å². The SMILES string of the molecule is CCc1cc(C(=O)N2CCSC(C)(C)C2)cc(N)n1. The molecule has 1 aliphatic heterocycles. The molecule has 104 valence electrons. The van der Waals surface area contributed by atoms with E-state index >= 15 is 0 Å². The van der Waals surface area contributed by atoms with Gasteiger partial charge in [-0.05, 0) is 32.4 Å². The number of aryl methyl sites for hydroxylation is 1. The summed E-state index contributed by atoms with van der Waals surface area (Å²) in [6.45, 7) is 7.94. The molecule has 0 aromatic carbocycles. The number of carbonyl (C=O) groups is 1. The van der Waals surface area contributed by atoms with Crippen LogP contribution in [-0.2, 0) is 6.42 Å². The third-order valence-electron chi connectivity index (χ3n) is 3.22. The largest absolute Gasteiger partial charge is 0.384 e. The van der Waals surface area contributed by atoms with Gasteiger partial charge in [0.2, 0.25) is 0 Å². The minimum atomic E-state index is 0.0668. The third kappa shape index (κ3) is 3.41. The van der Waals surface area contributed by atoms with E-state index in [9.17, 15) is 4.79 Å². The minimum absolute atomic E-state index is 0.0668. The number of pyridine rings is 1. The van der Waals surface area contributed by atoms with Crippen molar-refractivity contribution in [1.82, 2.24) is 9.88 Å². The minimum Gasteiger partial charge on any atom is -0.384 e. The number of nitrogen functional groups attached to an aromatic ring is 1. The highest BCUT2D eigenvalue weighted by Crippen LogP contribution is 2.30. The zero-order valence-electron chi connectivity index (χ0n) is 11.8. The predicted octanol–water partition coefficient (Wildman–Crippen LogP) is 2.19. The summed E-state index contributed by atoms with van der Waals surface area (Å²) >= 11 is 1.92. The van der Waals surface area contributed by atoms with Gasteiger partial charge < -0.3 is 10.6 Å². The number of hydrogen-bond acceptors (Lipinski definition) is 4. The first-order chi connectivity index (χ1) is 8.91. The highest BCUT2D eigenvalue weighted by Gasteiger charge is 2.30. The van der Waals surface area contributed by atoms with Gasteiger partial charge in [-0.3, -0.25) is 4.79 Å². The molecule has 0 unspecified atom stereocenters. The van der Waals surface area contributed by atoms with Crippen LogP contribution >= 0.6 is 11.8 Å². The molecule has 2 heterocycles. The van der Waals surface area contributed by atoms with E-state index < -0.39 is 0 Å². The van der Waals surface area contributed by atoms with Crippen molar-refractivity contribution in [2.24, 2.45) is 0 Å². The van der Waals surface area contributed by atoms with Crippen molar-refractivity contribution in [2.75, 3.05) is 24.6 Å². The van der Waals surface area contributed by atoms with Crippen molar-refractivity contribution in [3.8, 4) is 0 Å².